The Kier molecular flexibility index (Phi) is 7.00. The number of carbonyl (C=O) groups is 1. The number of nitro groups is 1. The van der Waals surface area contributed by atoms with Crippen LogP contribution in [0.4, 0.5) is 11.4 Å². The molecule has 0 atom stereocenters. The van der Waals surface area contributed by atoms with Gasteiger partial charge in [-0.25, -0.2) is 0 Å². The molecule has 0 aliphatic heterocycles. The molecule has 6 nitrogen and oxygen atoms in total. The molecular weight excluding hydrogens is 328 g/mol. The molecule has 1 rings (SSSR count). The minimum atomic E-state index is -0.779. The highest BCUT2D eigenvalue weighted by atomic mass is 79.9. The van der Waals surface area contributed by atoms with Gasteiger partial charge in [-0.2, -0.15) is 0 Å². The highest BCUT2D eigenvalue weighted by Gasteiger charge is 2.13. The highest BCUT2D eigenvalue weighted by molar-refractivity contribution is 9.08. The summed E-state index contributed by atoms with van der Waals surface area (Å²) in [4.78, 5) is 20.9. The highest BCUT2D eigenvalue weighted by Crippen LogP contribution is 2.25. The molecule has 0 saturated carbocycles. The lowest BCUT2D eigenvalue weighted by atomic mass is 10.1. The summed E-state index contributed by atoms with van der Waals surface area (Å²) >= 11 is 3.22. The minimum Gasteiger partial charge on any atom is -0.481 e. The van der Waals surface area contributed by atoms with Crippen LogP contribution in [0.2, 0.25) is 0 Å². The van der Waals surface area contributed by atoms with Crippen LogP contribution in [-0.2, 0) is 10.1 Å². The quantitative estimate of drug-likeness (QED) is 0.309. The summed E-state index contributed by atoms with van der Waals surface area (Å²) in [6.45, 7) is 0.671. The van der Waals surface area contributed by atoms with Crippen LogP contribution in [0.1, 0.15) is 31.2 Å². The number of aliphatic carboxylic acids is 1. The van der Waals surface area contributed by atoms with Crippen molar-refractivity contribution in [3.05, 3.63) is 33.9 Å². The van der Waals surface area contributed by atoms with Crippen LogP contribution < -0.4 is 5.32 Å². The van der Waals surface area contributed by atoms with Gasteiger partial charge in [0.25, 0.3) is 5.69 Å². The molecule has 7 heteroatoms. The van der Waals surface area contributed by atoms with E-state index in [0.29, 0.717) is 29.5 Å². The van der Waals surface area contributed by atoms with E-state index < -0.39 is 10.9 Å². The van der Waals surface area contributed by atoms with Gasteiger partial charge in [-0.3, -0.25) is 14.9 Å². The molecule has 0 heterocycles. The molecule has 0 unspecified atom stereocenters. The van der Waals surface area contributed by atoms with E-state index in [-0.39, 0.29) is 12.1 Å². The Balaban J connectivity index is 2.42. The van der Waals surface area contributed by atoms with Crippen LogP contribution in [0.5, 0.6) is 0 Å². The van der Waals surface area contributed by atoms with Crippen LogP contribution in [0.3, 0.4) is 0 Å². The molecule has 0 aliphatic carbocycles. The summed E-state index contributed by atoms with van der Waals surface area (Å²) in [6, 6.07) is 5.05. The molecular formula is C13H17BrN2O4. The second kappa shape index (κ2) is 8.52. The van der Waals surface area contributed by atoms with Crippen molar-refractivity contribution < 1.29 is 14.8 Å². The summed E-state index contributed by atoms with van der Waals surface area (Å²) in [5, 5.41) is 23.0. The Morgan fingerprint density at radius 3 is 2.70 bits per heavy atom. The Morgan fingerprint density at radius 2 is 2.10 bits per heavy atom. The first-order valence-electron chi connectivity index (χ1n) is 6.33. The van der Waals surface area contributed by atoms with Crippen molar-refractivity contribution in [3.63, 3.8) is 0 Å². The summed E-state index contributed by atoms with van der Waals surface area (Å²) in [7, 11) is 0. The number of hydrogen-bond donors (Lipinski definition) is 2. The molecule has 20 heavy (non-hydrogen) atoms. The van der Waals surface area contributed by atoms with Crippen molar-refractivity contribution in [1.29, 1.82) is 0 Å². The number of anilines is 1. The van der Waals surface area contributed by atoms with E-state index in [1.165, 1.54) is 6.07 Å². The number of alkyl halides is 1. The molecule has 2 N–H and O–H groups in total. The van der Waals surface area contributed by atoms with Gasteiger partial charge < -0.3 is 10.4 Å². The van der Waals surface area contributed by atoms with E-state index in [0.717, 1.165) is 12.8 Å². The maximum atomic E-state index is 10.9. The Hall–Kier alpha value is -1.63. The molecule has 0 spiro atoms. The number of carboxylic acids is 1. The van der Waals surface area contributed by atoms with Gasteiger partial charge in [0, 0.05) is 35.6 Å². The Morgan fingerprint density at radius 1 is 1.35 bits per heavy atom. The number of hydrogen-bond acceptors (Lipinski definition) is 4. The van der Waals surface area contributed by atoms with E-state index in [1.807, 2.05) is 0 Å². The predicted octanol–water partition coefficient (Wildman–Crippen LogP) is 3.55. The Bertz CT molecular complexity index is 479. The first-order valence-corrected chi connectivity index (χ1v) is 7.45. The summed E-state index contributed by atoms with van der Waals surface area (Å²) in [5.74, 6) is -0.779. The SMILES string of the molecule is O=C(O)CCCCCNc1ccc(CBr)c([N+](=O)[O-])c1. The Labute approximate surface area is 125 Å². The van der Waals surface area contributed by atoms with Gasteiger partial charge in [0.15, 0.2) is 0 Å². The van der Waals surface area contributed by atoms with Gasteiger partial charge in [0.2, 0.25) is 0 Å². The standard InChI is InChI=1S/C13H17BrN2O4/c14-9-10-5-6-11(8-12(10)16(19)20)15-7-3-1-2-4-13(17)18/h5-6,8,15H,1-4,7,9H2,(H,17,18). The lowest BCUT2D eigenvalue weighted by molar-refractivity contribution is -0.385. The second-order valence-electron chi connectivity index (χ2n) is 4.37. The minimum absolute atomic E-state index is 0.0951. The van der Waals surface area contributed by atoms with Gasteiger partial charge in [0.1, 0.15) is 0 Å². The average molecular weight is 345 g/mol. The van der Waals surface area contributed by atoms with Crippen molar-refractivity contribution in [2.24, 2.45) is 0 Å². The molecule has 0 aliphatic rings. The van der Waals surface area contributed by atoms with E-state index >= 15 is 0 Å². The smallest absolute Gasteiger partial charge is 0.303 e. The van der Waals surface area contributed by atoms with Crippen molar-refractivity contribution in [2.45, 2.75) is 31.0 Å². The molecule has 0 fully saturated rings. The van der Waals surface area contributed by atoms with Gasteiger partial charge in [-0.05, 0) is 25.0 Å². The zero-order valence-corrected chi connectivity index (χ0v) is 12.6. The van der Waals surface area contributed by atoms with E-state index in [1.54, 1.807) is 12.1 Å². The fourth-order valence-corrected chi connectivity index (χ4v) is 2.24. The molecule has 0 bridgehead atoms. The van der Waals surface area contributed by atoms with Crippen molar-refractivity contribution in [3.8, 4) is 0 Å². The largest absolute Gasteiger partial charge is 0.481 e. The number of carboxylic acid groups (broad SMARTS) is 1. The number of nitrogens with zero attached hydrogens (tertiary/aromatic N) is 1. The van der Waals surface area contributed by atoms with Crippen LogP contribution in [-0.4, -0.2) is 22.5 Å². The average Bonchev–Trinajstić information content (AvgIpc) is 2.42. The molecule has 0 aromatic heterocycles. The summed E-state index contributed by atoms with van der Waals surface area (Å²) < 4.78 is 0. The van der Waals surface area contributed by atoms with Crippen LogP contribution in [0.15, 0.2) is 18.2 Å². The van der Waals surface area contributed by atoms with Gasteiger partial charge in [-0.1, -0.05) is 22.4 Å². The van der Waals surface area contributed by atoms with Crippen molar-refractivity contribution in [1.82, 2.24) is 0 Å². The van der Waals surface area contributed by atoms with Crippen LogP contribution in [0, 0.1) is 10.1 Å². The summed E-state index contributed by atoms with van der Waals surface area (Å²) in [5.41, 5.74) is 1.44. The third-order valence-electron chi connectivity index (χ3n) is 2.82. The van der Waals surface area contributed by atoms with Gasteiger partial charge in [0.05, 0.1) is 4.92 Å². The first kappa shape index (κ1) is 16.4. The lowest BCUT2D eigenvalue weighted by Crippen LogP contribution is -2.03. The van der Waals surface area contributed by atoms with Crippen LogP contribution in [0.25, 0.3) is 0 Å². The number of halogens is 1. The van der Waals surface area contributed by atoms with Crippen LogP contribution >= 0.6 is 15.9 Å². The third kappa shape index (κ3) is 5.56. The van der Waals surface area contributed by atoms with E-state index in [2.05, 4.69) is 21.2 Å². The number of benzene rings is 1. The van der Waals surface area contributed by atoms with Crippen molar-refractivity contribution >= 4 is 33.3 Å². The molecule has 1 aromatic rings. The number of rotatable bonds is 9. The normalized spacial score (nSPS) is 10.2. The topological polar surface area (TPSA) is 92.5 Å². The maximum absolute atomic E-state index is 10.9. The summed E-state index contributed by atoms with van der Waals surface area (Å²) in [6.07, 6.45) is 2.49. The fourth-order valence-electron chi connectivity index (χ4n) is 1.77. The fraction of sp³-hybridized carbons (Fsp3) is 0.462. The van der Waals surface area contributed by atoms with E-state index in [4.69, 9.17) is 5.11 Å². The number of nitro benzene ring substituents is 1. The van der Waals surface area contributed by atoms with Gasteiger partial charge in [-0.15, -0.1) is 0 Å². The predicted molar refractivity (Wildman–Crippen MR) is 80.3 cm³/mol. The number of unbranched alkanes of at least 4 members (excludes halogenated alkanes) is 2. The second-order valence-corrected chi connectivity index (χ2v) is 4.93. The molecule has 0 radical (unpaired) electrons. The number of nitrogens with one attached hydrogen (secondary N) is 1. The van der Waals surface area contributed by atoms with Gasteiger partial charge >= 0.3 is 5.97 Å². The zero-order valence-electron chi connectivity index (χ0n) is 11.0. The molecule has 0 amide bonds. The molecule has 0 saturated heterocycles. The van der Waals surface area contributed by atoms with E-state index in [9.17, 15) is 14.9 Å². The maximum Gasteiger partial charge on any atom is 0.303 e. The first-order chi connectivity index (χ1) is 9.54. The molecule has 1 aromatic carbocycles. The lowest BCUT2D eigenvalue weighted by Gasteiger charge is -2.07. The van der Waals surface area contributed by atoms with Crippen molar-refractivity contribution in [2.75, 3.05) is 11.9 Å². The zero-order chi connectivity index (χ0) is 15.0. The molecule has 110 valence electrons. The monoisotopic (exact) mass is 344 g/mol. The third-order valence-corrected chi connectivity index (χ3v) is 3.43.